The van der Waals surface area contributed by atoms with Crippen molar-refractivity contribution in [1.82, 2.24) is 0 Å². The molecule has 1 aliphatic heterocycles. The fourth-order valence-corrected chi connectivity index (χ4v) is 11.3. The van der Waals surface area contributed by atoms with Gasteiger partial charge in [0, 0.05) is 11.3 Å². The maximum atomic E-state index is 12.8. The summed E-state index contributed by atoms with van der Waals surface area (Å²) in [7, 11) is 3.34. The van der Waals surface area contributed by atoms with Gasteiger partial charge < -0.3 is 24.1 Å². The van der Waals surface area contributed by atoms with Crippen molar-refractivity contribution in [3.8, 4) is 11.5 Å². The third-order valence-corrected chi connectivity index (χ3v) is 11.9. The van der Waals surface area contributed by atoms with Gasteiger partial charge in [0.25, 0.3) is 0 Å². The van der Waals surface area contributed by atoms with E-state index in [-0.39, 0.29) is 9.74 Å². The van der Waals surface area contributed by atoms with E-state index in [1.807, 2.05) is 48.5 Å². The zero-order chi connectivity index (χ0) is 21.7. The van der Waals surface area contributed by atoms with Crippen molar-refractivity contribution in [1.29, 1.82) is 0 Å². The zero-order valence-corrected chi connectivity index (χ0v) is 19.5. The number of alkyl halides is 1. The van der Waals surface area contributed by atoms with E-state index in [9.17, 15) is 5.11 Å². The second kappa shape index (κ2) is 5.38. The van der Waals surface area contributed by atoms with Crippen molar-refractivity contribution in [2.45, 2.75) is 15.7 Å². The van der Waals surface area contributed by atoms with Gasteiger partial charge in [0.2, 0.25) is 0 Å². The van der Waals surface area contributed by atoms with Crippen molar-refractivity contribution in [3.63, 3.8) is 0 Å². The highest BCUT2D eigenvalue weighted by molar-refractivity contribution is 9.10. The second-order valence-corrected chi connectivity index (χ2v) is 11.7. The number of methoxy groups -OCH3 is 2. The molecule has 4 unspecified atom stereocenters. The summed E-state index contributed by atoms with van der Waals surface area (Å²) in [6.07, 6.45) is 0. The molecule has 2 aromatic carbocycles. The fraction of sp³-hybridized carbons (Fsp3) is 0.538. The Kier molecular flexibility index (Phi) is 3.16. The first kappa shape index (κ1) is 18.8. The van der Waals surface area contributed by atoms with Crippen LogP contribution < -0.4 is 9.47 Å². The molecule has 6 heteroatoms. The third-order valence-electron chi connectivity index (χ3n) is 10.3. The Morgan fingerprint density at radius 3 is 1.66 bits per heavy atom. The summed E-state index contributed by atoms with van der Waals surface area (Å²) in [6.45, 7) is 1.34. The van der Waals surface area contributed by atoms with Crippen molar-refractivity contribution in [2.75, 3.05) is 27.4 Å². The molecular formula is C26H25BrO5. The predicted octanol–water partition coefficient (Wildman–Crippen LogP) is 3.57. The number of benzene rings is 2. The molecule has 7 fully saturated rings. The van der Waals surface area contributed by atoms with Crippen LogP contribution in [0.1, 0.15) is 11.1 Å². The normalized spacial score (nSPS) is 44.9. The molecule has 1 N–H and O–H groups in total. The molecule has 5 nitrogen and oxygen atoms in total. The minimum atomic E-state index is -1.08. The Hall–Kier alpha value is -1.60. The van der Waals surface area contributed by atoms with E-state index in [1.165, 1.54) is 0 Å². The van der Waals surface area contributed by atoms with Gasteiger partial charge in [0.15, 0.2) is 5.79 Å². The number of rotatable bonds is 5. The Labute approximate surface area is 195 Å². The fourth-order valence-electron chi connectivity index (χ4n) is 9.67. The number of hydrogen-bond donors (Lipinski definition) is 1. The topological polar surface area (TPSA) is 57.2 Å². The van der Waals surface area contributed by atoms with Crippen LogP contribution in [-0.4, -0.2) is 42.7 Å². The van der Waals surface area contributed by atoms with Gasteiger partial charge in [-0.25, -0.2) is 0 Å². The highest BCUT2D eigenvalue weighted by Crippen LogP contribution is 3.07. The Morgan fingerprint density at radius 2 is 1.22 bits per heavy atom. The molecule has 8 atom stereocenters. The molecule has 6 aliphatic carbocycles. The zero-order valence-electron chi connectivity index (χ0n) is 18.0. The Balaban J connectivity index is 1.29. The molecule has 1 heterocycles. The van der Waals surface area contributed by atoms with E-state index in [0.717, 1.165) is 22.6 Å². The lowest BCUT2D eigenvalue weighted by Gasteiger charge is -2.94. The first-order valence-electron chi connectivity index (χ1n) is 11.5. The van der Waals surface area contributed by atoms with Gasteiger partial charge in [-0.1, -0.05) is 40.2 Å². The number of ether oxygens (including phenoxy) is 4. The van der Waals surface area contributed by atoms with Crippen LogP contribution in [-0.2, 0) is 15.1 Å². The molecule has 0 aromatic heterocycles. The van der Waals surface area contributed by atoms with E-state index in [1.54, 1.807) is 14.2 Å². The quantitative estimate of drug-likeness (QED) is 0.641. The first-order valence-corrected chi connectivity index (χ1v) is 12.3. The molecule has 2 aromatic rings. The molecule has 1 saturated heterocycles. The van der Waals surface area contributed by atoms with Crippen molar-refractivity contribution >= 4 is 15.9 Å². The average molecular weight is 497 g/mol. The van der Waals surface area contributed by atoms with Crippen LogP contribution in [0.5, 0.6) is 11.5 Å². The lowest BCUT2D eigenvalue weighted by molar-refractivity contribution is -0.482. The van der Waals surface area contributed by atoms with Crippen LogP contribution in [0.3, 0.4) is 0 Å². The number of hydrogen-bond acceptors (Lipinski definition) is 5. The van der Waals surface area contributed by atoms with Gasteiger partial charge in [-0.3, -0.25) is 0 Å². The van der Waals surface area contributed by atoms with Crippen LogP contribution in [0.25, 0.3) is 0 Å². The van der Waals surface area contributed by atoms with Gasteiger partial charge in [-0.15, -0.1) is 0 Å². The monoisotopic (exact) mass is 496 g/mol. The molecule has 2 bridgehead atoms. The molecule has 7 aliphatic rings. The maximum absolute atomic E-state index is 12.8. The number of aliphatic hydroxyl groups is 1. The summed E-state index contributed by atoms with van der Waals surface area (Å²) >= 11 is 4.15. The van der Waals surface area contributed by atoms with Gasteiger partial charge in [0.05, 0.1) is 31.8 Å². The Bertz CT molecular complexity index is 1070. The van der Waals surface area contributed by atoms with Crippen molar-refractivity contribution in [2.24, 2.45) is 40.9 Å². The van der Waals surface area contributed by atoms with E-state index >= 15 is 0 Å². The smallest absolute Gasteiger partial charge is 0.187 e. The highest BCUT2D eigenvalue weighted by atomic mass is 79.9. The summed E-state index contributed by atoms with van der Waals surface area (Å²) in [5, 5.41) is 12.8. The third kappa shape index (κ3) is 1.45. The summed E-state index contributed by atoms with van der Waals surface area (Å²) < 4.78 is 23.4. The second-order valence-electron chi connectivity index (χ2n) is 10.4. The largest absolute Gasteiger partial charge is 0.497 e. The van der Waals surface area contributed by atoms with E-state index < -0.39 is 11.4 Å². The number of halogens is 1. The summed E-state index contributed by atoms with van der Waals surface area (Å²) in [6, 6.07) is 15.9. The molecule has 0 radical (unpaired) electrons. The lowest BCUT2D eigenvalue weighted by atomic mass is 9.10. The predicted molar refractivity (Wildman–Crippen MR) is 119 cm³/mol. The molecule has 32 heavy (non-hydrogen) atoms. The molecule has 9 rings (SSSR count). The summed E-state index contributed by atoms with van der Waals surface area (Å²) in [5.74, 6) is 3.79. The van der Waals surface area contributed by atoms with E-state index in [2.05, 4.69) is 15.9 Å². The lowest BCUT2D eigenvalue weighted by Crippen LogP contribution is -2.96. The van der Waals surface area contributed by atoms with Crippen LogP contribution in [0.4, 0.5) is 0 Å². The maximum Gasteiger partial charge on any atom is 0.187 e. The molecular weight excluding hydrogens is 472 g/mol. The molecule has 166 valence electrons. The standard InChI is InChI=1S/C26H25BrO5/c1-29-15-7-3-13(4-8-15)25(28,14-5-9-16(30-2)10-6-14)23-17-20-18(23)22-19(23)21(17)24(20,27)26(22)31-11-12-32-26/h3-10,17-22,28H,11-12H2,1-2H3/t17?,18-,19+,20+,21-,22?,23?,24?. The van der Waals surface area contributed by atoms with Gasteiger partial charge in [-0.2, -0.15) is 0 Å². The molecule has 6 saturated carbocycles. The SMILES string of the molecule is COc1ccc(C(O)(c2ccc(OC)cc2)C23C4[C@@H]5[C@H]2C2[C@H]3[C@H]4C5(Br)C23OCCO3)cc1. The molecule has 1 spiro atoms. The van der Waals surface area contributed by atoms with Crippen LogP contribution in [0, 0.1) is 40.9 Å². The van der Waals surface area contributed by atoms with Crippen molar-refractivity contribution < 1.29 is 24.1 Å². The Morgan fingerprint density at radius 1 is 0.781 bits per heavy atom. The van der Waals surface area contributed by atoms with Crippen molar-refractivity contribution in [3.05, 3.63) is 59.7 Å². The average Bonchev–Trinajstić information content (AvgIpc) is 3.36. The summed E-state index contributed by atoms with van der Waals surface area (Å²) in [4.78, 5) is 0. The van der Waals surface area contributed by atoms with Gasteiger partial charge in [0.1, 0.15) is 17.1 Å². The minimum absolute atomic E-state index is 0.0658. The first-order chi connectivity index (χ1) is 15.5. The van der Waals surface area contributed by atoms with E-state index in [4.69, 9.17) is 18.9 Å². The van der Waals surface area contributed by atoms with Gasteiger partial charge in [-0.05, 0) is 65.0 Å². The van der Waals surface area contributed by atoms with E-state index in [0.29, 0.717) is 48.7 Å². The van der Waals surface area contributed by atoms with Crippen LogP contribution in [0.2, 0.25) is 0 Å². The van der Waals surface area contributed by atoms with Gasteiger partial charge >= 0.3 is 0 Å². The highest BCUT2D eigenvalue weighted by Gasteiger charge is 3.11. The summed E-state index contributed by atoms with van der Waals surface area (Å²) in [5.41, 5.74) is 0.634. The van der Waals surface area contributed by atoms with Crippen LogP contribution >= 0.6 is 15.9 Å². The molecule has 0 amide bonds. The van der Waals surface area contributed by atoms with Crippen LogP contribution in [0.15, 0.2) is 48.5 Å². The minimum Gasteiger partial charge on any atom is -0.497 e.